The Hall–Kier alpha value is -0.770. The van der Waals surface area contributed by atoms with Crippen LogP contribution in [0, 0.1) is 40.4 Å². The fourth-order valence-electron chi connectivity index (χ4n) is 6.82. The molecular formula is C28H47N. The minimum absolute atomic E-state index is 0.0937. The number of rotatable bonds is 9. The fraction of sp³-hybridized carbons (Fsp3) is 0.893. The second kappa shape index (κ2) is 11.6. The summed E-state index contributed by atoms with van der Waals surface area (Å²) in [7, 11) is 0. The van der Waals surface area contributed by atoms with Crippen molar-refractivity contribution in [3.05, 3.63) is 11.6 Å². The molecule has 3 aliphatic carbocycles. The summed E-state index contributed by atoms with van der Waals surface area (Å²) in [4.78, 5) is 0. The minimum Gasteiger partial charge on any atom is -0.197 e. The van der Waals surface area contributed by atoms with Crippen LogP contribution in [0.3, 0.4) is 0 Å². The van der Waals surface area contributed by atoms with Gasteiger partial charge in [0.25, 0.3) is 0 Å². The van der Waals surface area contributed by atoms with Gasteiger partial charge in [-0.15, -0.1) is 0 Å². The zero-order valence-electron chi connectivity index (χ0n) is 19.6. The molecule has 1 atom stereocenters. The summed E-state index contributed by atoms with van der Waals surface area (Å²) in [5, 5.41) is 10.1. The van der Waals surface area contributed by atoms with Crippen LogP contribution in [0.2, 0.25) is 0 Å². The van der Waals surface area contributed by atoms with E-state index in [9.17, 15) is 5.26 Å². The Morgan fingerprint density at radius 3 is 2.07 bits per heavy atom. The van der Waals surface area contributed by atoms with E-state index in [0.29, 0.717) is 0 Å². The normalized spacial score (nSPS) is 35.7. The Balaban J connectivity index is 1.45. The van der Waals surface area contributed by atoms with Crippen molar-refractivity contribution in [2.75, 3.05) is 0 Å². The Labute approximate surface area is 181 Å². The largest absolute Gasteiger partial charge is 0.197 e. The summed E-state index contributed by atoms with van der Waals surface area (Å²) < 4.78 is 0. The zero-order chi connectivity index (χ0) is 20.5. The molecule has 0 aliphatic heterocycles. The SMILES string of the molecule is CCCCCC1CCC([C@H]2CC[C@](C#N)(C3=CC[C@H](CCCC)CC3)CC2)CC1. The van der Waals surface area contributed by atoms with Gasteiger partial charge in [0.1, 0.15) is 0 Å². The van der Waals surface area contributed by atoms with Crippen molar-refractivity contribution in [1.82, 2.24) is 0 Å². The van der Waals surface area contributed by atoms with Crippen molar-refractivity contribution in [2.24, 2.45) is 29.1 Å². The molecule has 0 saturated heterocycles. The van der Waals surface area contributed by atoms with E-state index in [1.807, 2.05) is 0 Å². The Morgan fingerprint density at radius 2 is 1.48 bits per heavy atom. The quantitative estimate of drug-likeness (QED) is 0.281. The molecule has 0 aromatic carbocycles. The number of hydrogen-bond donors (Lipinski definition) is 0. The average Bonchev–Trinajstić information content (AvgIpc) is 2.79. The molecule has 0 amide bonds. The second-order valence-electron chi connectivity index (χ2n) is 10.8. The molecule has 1 nitrogen and oxygen atoms in total. The Morgan fingerprint density at radius 1 is 0.828 bits per heavy atom. The minimum atomic E-state index is -0.0937. The molecule has 0 aromatic heterocycles. The van der Waals surface area contributed by atoms with Crippen molar-refractivity contribution in [3.63, 3.8) is 0 Å². The van der Waals surface area contributed by atoms with Gasteiger partial charge in [0.2, 0.25) is 0 Å². The lowest BCUT2D eigenvalue weighted by Crippen LogP contribution is -2.33. The van der Waals surface area contributed by atoms with E-state index < -0.39 is 0 Å². The van der Waals surface area contributed by atoms with E-state index in [1.165, 1.54) is 108 Å². The van der Waals surface area contributed by atoms with E-state index in [-0.39, 0.29) is 5.41 Å². The Bertz CT molecular complexity index is 537. The maximum atomic E-state index is 10.1. The number of nitriles is 1. The standard InChI is InChI=1S/C28H47N/c1-3-5-7-9-24-10-14-25(15-11-24)26-18-20-28(22-29,21-19-26)27-16-12-23(13-17-27)8-6-4-2/h16,23-26H,3-15,17-21H2,1-2H3/t23-,24?,25?,26-,28-/m0/s1. The van der Waals surface area contributed by atoms with Crippen LogP contribution in [0.4, 0.5) is 0 Å². The summed E-state index contributed by atoms with van der Waals surface area (Å²) in [6.07, 6.45) is 26.9. The topological polar surface area (TPSA) is 23.8 Å². The first-order valence-electron chi connectivity index (χ1n) is 13.3. The molecule has 2 saturated carbocycles. The molecule has 0 radical (unpaired) electrons. The van der Waals surface area contributed by atoms with Gasteiger partial charge in [-0.05, 0) is 81.5 Å². The van der Waals surface area contributed by atoms with Gasteiger partial charge in [-0.2, -0.15) is 5.26 Å². The highest BCUT2D eigenvalue weighted by Gasteiger charge is 2.41. The highest BCUT2D eigenvalue weighted by atomic mass is 14.5. The van der Waals surface area contributed by atoms with E-state index >= 15 is 0 Å². The third kappa shape index (κ3) is 6.12. The van der Waals surface area contributed by atoms with Crippen LogP contribution in [-0.2, 0) is 0 Å². The van der Waals surface area contributed by atoms with E-state index in [4.69, 9.17) is 0 Å². The molecule has 1 heteroatoms. The van der Waals surface area contributed by atoms with Gasteiger partial charge < -0.3 is 0 Å². The number of allylic oxidation sites excluding steroid dienone is 2. The van der Waals surface area contributed by atoms with Crippen LogP contribution in [0.5, 0.6) is 0 Å². The molecule has 0 spiro atoms. The van der Waals surface area contributed by atoms with E-state index in [2.05, 4.69) is 26.0 Å². The molecule has 3 rings (SSSR count). The number of unbranched alkanes of at least 4 members (excludes halogenated alkanes) is 3. The molecular weight excluding hydrogens is 350 g/mol. The summed E-state index contributed by atoms with van der Waals surface area (Å²) in [6, 6.07) is 2.84. The summed E-state index contributed by atoms with van der Waals surface area (Å²) in [5.74, 6) is 3.79. The molecule has 3 aliphatic rings. The van der Waals surface area contributed by atoms with Crippen LogP contribution < -0.4 is 0 Å². The first-order chi connectivity index (χ1) is 14.2. The smallest absolute Gasteiger partial charge is 0.0782 e. The van der Waals surface area contributed by atoms with Gasteiger partial charge in [-0.25, -0.2) is 0 Å². The van der Waals surface area contributed by atoms with Gasteiger partial charge >= 0.3 is 0 Å². The summed E-state index contributed by atoms with van der Waals surface area (Å²) in [6.45, 7) is 4.61. The Kier molecular flexibility index (Phi) is 9.14. The first-order valence-corrected chi connectivity index (χ1v) is 13.3. The van der Waals surface area contributed by atoms with Gasteiger partial charge in [-0.3, -0.25) is 0 Å². The van der Waals surface area contributed by atoms with Gasteiger partial charge in [0.05, 0.1) is 11.5 Å². The van der Waals surface area contributed by atoms with E-state index in [0.717, 1.165) is 36.5 Å². The molecule has 29 heavy (non-hydrogen) atoms. The van der Waals surface area contributed by atoms with Crippen LogP contribution in [0.15, 0.2) is 11.6 Å². The zero-order valence-corrected chi connectivity index (χ0v) is 19.6. The number of nitrogens with zero attached hydrogens (tertiary/aromatic N) is 1. The molecule has 0 unspecified atom stereocenters. The molecule has 0 aromatic rings. The predicted octanol–water partition coefficient (Wildman–Crippen LogP) is 8.99. The maximum absolute atomic E-state index is 10.1. The fourth-order valence-corrected chi connectivity index (χ4v) is 6.82. The highest BCUT2D eigenvalue weighted by Crippen LogP contribution is 2.51. The molecule has 0 bridgehead atoms. The van der Waals surface area contributed by atoms with Crippen molar-refractivity contribution in [2.45, 2.75) is 129 Å². The van der Waals surface area contributed by atoms with Gasteiger partial charge in [0, 0.05) is 0 Å². The summed E-state index contributed by atoms with van der Waals surface area (Å²) >= 11 is 0. The van der Waals surface area contributed by atoms with Crippen molar-refractivity contribution in [3.8, 4) is 6.07 Å². The lowest BCUT2D eigenvalue weighted by molar-refractivity contribution is 0.130. The monoisotopic (exact) mass is 397 g/mol. The summed E-state index contributed by atoms with van der Waals surface area (Å²) in [5.41, 5.74) is 1.44. The average molecular weight is 398 g/mol. The van der Waals surface area contributed by atoms with Crippen molar-refractivity contribution < 1.29 is 0 Å². The number of hydrogen-bond acceptors (Lipinski definition) is 1. The first kappa shape index (κ1) is 22.9. The second-order valence-corrected chi connectivity index (χ2v) is 10.8. The maximum Gasteiger partial charge on any atom is 0.0782 e. The van der Waals surface area contributed by atoms with Gasteiger partial charge in [0.15, 0.2) is 0 Å². The van der Waals surface area contributed by atoms with Crippen molar-refractivity contribution in [1.29, 1.82) is 5.26 Å². The predicted molar refractivity (Wildman–Crippen MR) is 125 cm³/mol. The molecule has 0 heterocycles. The van der Waals surface area contributed by atoms with Gasteiger partial charge in [-0.1, -0.05) is 83.3 Å². The van der Waals surface area contributed by atoms with Crippen LogP contribution in [0.25, 0.3) is 0 Å². The van der Waals surface area contributed by atoms with E-state index in [1.54, 1.807) is 0 Å². The molecule has 0 N–H and O–H groups in total. The lowest BCUT2D eigenvalue weighted by Gasteiger charge is -2.42. The highest BCUT2D eigenvalue weighted by molar-refractivity contribution is 5.26. The molecule has 164 valence electrons. The third-order valence-corrected chi connectivity index (χ3v) is 8.97. The lowest BCUT2D eigenvalue weighted by atomic mass is 9.61. The van der Waals surface area contributed by atoms with Crippen molar-refractivity contribution >= 4 is 0 Å². The third-order valence-electron chi connectivity index (χ3n) is 8.97. The van der Waals surface area contributed by atoms with Crippen LogP contribution in [-0.4, -0.2) is 0 Å². The molecule has 2 fully saturated rings. The van der Waals surface area contributed by atoms with Crippen LogP contribution >= 0.6 is 0 Å². The van der Waals surface area contributed by atoms with Crippen LogP contribution in [0.1, 0.15) is 129 Å².